The fourth-order valence-electron chi connectivity index (χ4n) is 1.64. The lowest BCUT2D eigenvalue weighted by molar-refractivity contribution is 0.568. The highest BCUT2D eigenvalue weighted by Gasteiger charge is 1.93. The number of nitrogens with two attached hydrogens (primary N) is 1. The maximum absolute atomic E-state index is 5.69. The molecule has 0 saturated heterocycles. The molecule has 0 rings (SSSR count). The van der Waals surface area contributed by atoms with E-state index in [2.05, 4.69) is 26.0 Å². The van der Waals surface area contributed by atoms with E-state index in [1.165, 1.54) is 57.8 Å². The van der Waals surface area contributed by atoms with Crippen molar-refractivity contribution in [1.82, 2.24) is 0 Å². The van der Waals surface area contributed by atoms with Crippen molar-refractivity contribution >= 4 is 0 Å². The van der Waals surface area contributed by atoms with Crippen molar-refractivity contribution in [2.75, 3.05) is 0 Å². The molecule has 0 aromatic heterocycles. The number of rotatable bonds is 10. The average Bonchev–Trinajstić information content (AvgIpc) is 2.20. The van der Waals surface area contributed by atoms with E-state index in [1.54, 1.807) is 0 Å². The maximum atomic E-state index is 5.69. The van der Waals surface area contributed by atoms with Gasteiger partial charge in [0.15, 0.2) is 0 Å². The summed E-state index contributed by atoms with van der Waals surface area (Å²) in [6.07, 6.45) is 16.4. The molecule has 0 bridgehead atoms. The second-order valence-electron chi connectivity index (χ2n) is 4.58. The molecular formula is C14H29N. The van der Waals surface area contributed by atoms with Crippen molar-refractivity contribution in [3.63, 3.8) is 0 Å². The van der Waals surface area contributed by atoms with Crippen LogP contribution in [0.15, 0.2) is 12.2 Å². The van der Waals surface area contributed by atoms with Gasteiger partial charge in [-0.1, -0.05) is 51.2 Å². The summed E-state index contributed by atoms with van der Waals surface area (Å²) >= 11 is 0. The zero-order valence-corrected chi connectivity index (χ0v) is 10.7. The van der Waals surface area contributed by atoms with Crippen LogP contribution in [0.2, 0.25) is 0 Å². The Morgan fingerprint density at radius 2 is 1.53 bits per heavy atom. The van der Waals surface area contributed by atoms with E-state index < -0.39 is 0 Å². The van der Waals surface area contributed by atoms with Gasteiger partial charge in [-0.3, -0.25) is 0 Å². The van der Waals surface area contributed by atoms with Gasteiger partial charge >= 0.3 is 0 Å². The number of allylic oxidation sites excluding steroid dienone is 2. The van der Waals surface area contributed by atoms with Crippen molar-refractivity contribution in [3.8, 4) is 0 Å². The fraction of sp³-hybridized carbons (Fsp3) is 0.857. The first-order valence-electron chi connectivity index (χ1n) is 6.68. The summed E-state index contributed by atoms with van der Waals surface area (Å²) in [6.45, 7) is 4.34. The zero-order valence-electron chi connectivity index (χ0n) is 10.7. The lowest BCUT2D eigenvalue weighted by Crippen LogP contribution is -2.13. The van der Waals surface area contributed by atoms with Crippen LogP contribution < -0.4 is 5.73 Å². The molecule has 0 aliphatic carbocycles. The van der Waals surface area contributed by atoms with Crippen molar-refractivity contribution in [3.05, 3.63) is 12.2 Å². The summed E-state index contributed by atoms with van der Waals surface area (Å²) in [5.74, 6) is 0. The molecule has 0 saturated carbocycles. The Morgan fingerprint density at radius 1 is 0.933 bits per heavy atom. The van der Waals surface area contributed by atoms with Gasteiger partial charge in [0.2, 0.25) is 0 Å². The molecule has 90 valence electrons. The lowest BCUT2D eigenvalue weighted by atomic mass is 10.1. The molecule has 1 nitrogen and oxygen atoms in total. The SMILES string of the molecule is CCCCC=CCCCCCCC(C)N. The Morgan fingerprint density at radius 3 is 2.13 bits per heavy atom. The third-order valence-corrected chi connectivity index (χ3v) is 2.67. The zero-order chi connectivity index (χ0) is 11.4. The van der Waals surface area contributed by atoms with E-state index in [0.717, 1.165) is 0 Å². The van der Waals surface area contributed by atoms with Gasteiger partial charge in [0.1, 0.15) is 0 Å². The van der Waals surface area contributed by atoms with Gasteiger partial charge in [-0.25, -0.2) is 0 Å². The largest absolute Gasteiger partial charge is 0.328 e. The van der Waals surface area contributed by atoms with Crippen LogP contribution in [-0.2, 0) is 0 Å². The first-order chi connectivity index (χ1) is 7.27. The quantitative estimate of drug-likeness (QED) is 0.420. The highest BCUT2D eigenvalue weighted by molar-refractivity contribution is 4.81. The Hall–Kier alpha value is -0.300. The minimum Gasteiger partial charge on any atom is -0.328 e. The first-order valence-corrected chi connectivity index (χ1v) is 6.68. The molecule has 1 unspecified atom stereocenters. The second kappa shape index (κ2) is 11.8. The molecule has 0 heterocycles. The lowest BCUT2D eigenvalue weighted by Gasteiger charge is -2.03. The fourth-order valence-corrected chi connectivity index (χ4v) is 1.64. The molecule has 0 spiro atoms. The Kier molecular flexibility index (Phi) is 11.5. The molecule has 0 fully saturated rings. The third-order valence-electron chi connectivity index (χ3n) is 2.67. The van der Waals surface area contributed by atoms with Gasteiger partial charge < -0.3 is 5.73 Å². The molecular weight excluding hydrogens is 182 g/mol. The molecule has 15 heavy (non-hydrogen) atoms. The average molecular weight is 211 g/mol. The highest BCUT2D eigenvalue weighted by atomic mass is 14.6. The van der Waals surface area contributed by atoms with E-state index in [0.29, 0.717) is 6.04 Å². The maximum Gasteiger partial charge on any atom is 0.00104 e. The monoisotopic (exact) mass is 211 g/mol. The predicted molar refractivity (Wildman–Crippen MR) is 70.0 cm³/mol. The van der Waals surface area contributed by atoms with Crippen LogP contribution in [0.25, 0.3) is 0 Å². The van der Waals surface area contributed by atoms with E-state index in [-0.39, 0.29) is 0 Å². The third kappa shape index (κ3) is 13.7. The van der Waals surface area contributed by atoms with Gasteiger partial charge in [0, 0.05) is 6.04 Å². The molecule has 1 atom stereocenters. The van der Waals surface area contributed by atoms with Crippen molar-refractivity contribution in [2.45, 2.75) is 77.7 Å². The summed E-state index contributed by atoms with van der Waals surface area (Å²) in [5, 5.41) is 0. The standard InChI is InChI=1S/C14H29N/c1-3-4-5-6-7-8-9-10-11-12-13-14(2)15/h6-7,14H,3-5,8-13,15H2,1-2H3. The summed E-state index contributed by atoms with van der Waals surface area (Å²) in [4.78, 5) is 0. The minimum atomic E-state index is 0.388. The van der Waals surface area contributed by atoms with Crippen molar-refractivity contribution in [2.24, 2.45) is 5.73 Å². The smallest absolute Gasteiger partial charge is 0.00104 e. The van der Waals surface area contributed by atoms with Crippen LogP contribution in [-0.4, -0.2) is 6.04 Å². The minimum absolute atomic E-state index is 0.388. The Balaban J connectivity index is 3.01. The van der Waals surface area contributed by atoms with Crippen LogP contribution >= 0.6 is 0 Å². The molecule has 0 aromatic carbocycles. The topological polar surface area (TPSA) is 26.0 Å². The van der Waals surface area contributed by atoms with Crippen LogP contribution in [0.3, 0.4) is 0 Å². The summed E-state index contributed by atoms with van der Waals surface area (Å²) in [7, 11) is 0. The molecule has 0 aromatic rings. The van der Waals surface area contributed by atoms with E-state index >= 15 is 0 Å². The summed E-state index contributed by atoms with van der Waals surface area (Å²) < 4.78 is 0. The van der Waals surface area contributed by atoms with Crippen LogP contribution in [0, 0.1) is 0 Å². The van der Waals surface area contributed by atoms with E-state index in [9.17, 15) is 0 Å². The molecule has 0 amide bonds. The predicted octanol–water partition coefficient (Wildman–Crippen LogP) is 4.42. The normalized spacial score (nSPS) is 13.5. The number of hydrogen-bond acceptors (Lipinski definition) is 1. The Bertz CT molecular complexity index is 138. The van der Waals surface area contributed by atoms with Crippen molar-refractivity contribution in [1.29, 1.82) is 0 Å². The molecule has 2 N–H and O–H groups in total. The molecule has 1 heteroatoms. The highest BCUT2D eigenvalue weighted by Crippen LogP contribution is 2.07. The summed E-state index contributed by atoms with van der Waals surface area (Å²) in [5.41, 5.74) is 5.69. The van der Waals surface area contributed by atoms with Gasteiger partial charge in [0.25, 0.3) is 0 Å². The van der Waals surface area contributed by atoms with Gasteiger partial charge in [-0.2, -0.15) is 0 Å². The number of hydrogen-bond donors (Lipinski definition) is 1. The number of unbranched alkanes of at least 4 members (excludes halogenated alkanes) is 6. The molecule has 0 aliphatic heterocycles. The first kappa shape index (κ1) is 14.7. The van der Waals surface area contributed by atoms with E-state index in [4.69, 9.17) is 5.73 Å². The summed E-state index contributed by atoms with van der Waals surface area (Å²) in [6, 6.07) is 0.388. The molecule has 0 radical (unpaired) electrons. The van der Waals surface area contributed by atoms with Crippen molar-refractivity contribution < 1.29 is 0 Å². The van der Waals surface area contributed by atoms with Gasteiger partial charge in [0.05, 0.1) is 0 Å². The van der Waals surface area contributed by atoms with Gasteiger partial charge in [-0.15, -0.1) is 0 Å². The van der Waals surface area contributed by atoms with Crippen LogP contribution in [0.1, 0.15) is 71.6 Å². The Labute approximate surface area is 96.1 Å². The van der Waals surface area contributed by atoms with E-state index in [1.807, 2.05) is 0 Å². The van der Waals surface area contributed by atoms with Crippen LogP contribution in [0.5, 0.6) is 0 Å². The van der Waals surface area contributed by atoms with Gasteiger partial charge in [-0.05, 0) is 32.6 Å². The van der Waals surface area contributed by atoms with Crippen LogP contribution in [0.4, 0.5) is 0 Å². The second-order valence-corrected chi connectivity index (χ2v) is 4.58. The molecule has 0 aliphatic rings.